The Morgan fingerprint density at radius 1 is 1.00 bits per heavy atom. The first kappa shape index (κ1) is 17.4. The highest BCUT2D eigenvalue weighted by Crippen LogP contribution is 2.37. The average Bonchev–Trinajstić information content (AvgIpc) is 2.60. The summed E-state index contributed by atoms with van der Waals surface area (Å²) < 4.78 is 10.2. The van der Waals surface area contributed by atoms with E-state index in [1.807, 2.05) is 24.3 Å². The van der Waals surface area contributed by atoms with Gasteiger partial charge < -0.3 is 19.7 Å². The molecule has 2 N–H and O–H groups in total. The molecule has 5 nitrogen and oxygen atoms in total. The Morgan fingerprint density at radius 3 is 2.21 bits per heavy atom. The standard InChI is InChI=1S/C19H21NO4/c1-23-17-12-15(13-18(24-2)19(17)22)4-3-10-20-11-9-14-5-7-16(21)8-6-14/h3-8,10,12-13,21-22H,9,11H2,1-2H3/b4-3+,20-10?. The number of ether oxygens (including phenoxy) is 2. The number of hydrogen-bond donors (Lipinski definition) is 2. The summed E-state index contributed by atoms with van der Waals surface area (Å²) in [7, 11) is 2.99. The maximum absolute atomic E-state index is 9.86. The largest absolute Gasteiger partial charge is 0.508 e. The van der Waals surface area contributed by atoms with Crippen LogP contribution in [0.5, 0.6) is 23.0 Å². The molecule has 0 fully saturated rings. The molecule has 2 rings (SSSR count). The molecule has 0 unspecified atom stereocenters. The van der Waals surface area contributed by atoms with Gasteiger partial charge in [0.1, 0.15) is 5.75 Å². The second-order valence-corrected chi connectivity index (χ2v) is 5.10. The maximum atomic E-state index is 9.86. The molecule has 5 heteroatoms. The Balaban J connectivity index is 1.92. The van der Waals surface area contributed by atoms with Crippen molar-refractivity contribution in [1.29, 1.82) is 0 Å². The Labute approximate surface area is 141 Å². The zero-order chi connectivity index (χ0) is 17.4. The van der Waals surface area contributed by atoms with Crippen molar-refractivity contribution in [1.82, 2.24) is 0 Å². The fourth-order valence-corrected chi connectivity index (χ4v) is 2.16. The van der Waals surface area contributed by atoms with E-state index in [2.05, 4.69) is 4.99 Å². The zero-order valence-corrected chi connectivity index (χ0v) is 13.8. The molecule has 0 aliphatic rings. The third-order valence-corrected chi connectivity index (χ3v) is 3.45. The molecule has 0 saturated carbocycles. The number of allylic oxidation sites excluding steroid dienone is 1. The molecule has 2 aromatic rings. The van der Waals surface area contributed by atoms with Crippen LogP contribution >= 0.6 is 0 Å². The highest BCUT2D eigenvalue weighted by Gasteiger charge is 2.09. The molecule has 0 spiro atoms. The van der Waals surface area contributed by atoms with Gasteiger partial charge in [-0.2, -0.15) is 0 Å². The van der Waals surface area contributed by atoms with Crippen LogP contribution in [0.1, 0.15) is 11.1 Å². The summed E-state index contributed by atoms with van der Waals surface area (Å²) in [5.41, 5.74) is 1.97. The van der Waals surface area contributed by atoms with Crippen LogP contribution in [0.2, 0.25) is 0 Å². The van der Waals surface area contributed by atoms with Gasteiger partial charge in [0.05, 0.1) is 14.2 Å². The summed E-state index contributed by atoms with van der Waals surface area (Å²) in [4.78, 5) is 4.32. The number of phenolic OH excluding ortho intramolecular Hbond substituents is 2. The molecule has 2 aromatic carbocycles. The van der Waals surface area contributed by atoms with Crippen molar-refractivity contribution in [3.63, 3.8) is 0 Å². The van der Waals surface area contributed by atoms with Crippen molar-refractivity contribution in [2.75, 3.05) is 20.8 Å². The number of methoxy groups -OCH3 is 2. The van der Waals surface area contributed by atoms with Crippen molar-refractivity contribution in [2.45, 2.75) is 6.42 Å². The number of phenols is 2. The molecular weight excluding hydrogens is 306 g/mol. The quantitative estimate of drug-likeness (QED) is 0.764. The number of aliphatic imine (C=N–C) groups is 1. The van der Waals surface area contributed by atoms with E-state index >= 15 is 0 Å². The van der Waals surface area contributed by atoms with E-state index in [4.69, 9.17) is 9.47 Å². The summed E-state index contributed by atoms with van der Waals surface area (Å²) in [6.07, 6.45) is 6.22. The van der Waals surface area contributed by atoms with Gasteiger partial charge in [-0.25, -0.2) is 0 Å². The van der Waals surface area contributed by atoms with Gasteiger partial charge >= 0.3 is 0 Å². The fraction of sp³-hybridized carbons (Fsp3) is 0.211. The van der Waals surface area contributed by atoms with Crippen LogP contribution < -0.4 is 9.47 Å². The fourth-order valence-electron chi connectivity index (χ4n) is 2.16. The van der Waals surface area contributed by atoms with Crippen LogP contribution in [0.15, 0.2) is 47.5 Å². The first-order valence-corrected chi connectivity index (χ1v) is 7.53. The minimum absolute atomic E-state index is 0.0142. The van der Waals surface area contributed by atoms with E-state index in [0.717, 1.165) is 17.5 Å². The molecule has 0 aromatic heterocycles. The summed E-state index contributed by atoms with van der Waals surface area (Å²) >= 11 is 0. The lowest BCUT2D eigenvalue weighted by atomic mass is 10.1. The molecule has 0 atom stereocenters. The van der Waals surface area contributed by atoms with E-state index in [1.54, 1.807) is 30.5 Å². The van der Waals surface area contributed by atoms with Crippen LogP contribution in [0.25, 0.3) is 6.08 Å². The van der Waals surface area contributed by atoms with Gasteiger partial charge in [-0.05, 0) is 47.9 Å². The van der Waals surface area contributed by atoms with Crippen molar-refractivity contribution in [3.8, 4) is 23.0 Å². The summed E-state index contributed by atoms with van der Waals surface area (Å²) in [5.74, 6) is 0.973. The molecule has 0 aliphatic carbocycles. The van der Waals surface area contributed by atoms with Gasteiger partial charge in [0.2, 0.25) is 5.75 Å². The molecular formula is C19H21NO4. The molecule has 0 aliphatic heterocycles. The number of aromatic hydroxyl groups is 2. The molecule has 0 heterocycles. The third kappa shape index (κ3) is 4.78. The van der Waals surface area contributed by atoms with Crippen LogP contribution in [-0.4, -0.2) is 37.2 Å². The average molecular weight is 327 g/mol. The van der Waals surface area contributed by atoms with E-state index in [0.29, 0.717) is 18.0 Å². The van der Waals surface area contributed by atoms with Gasteiger partial charge in [-0.3, -0.25) is 4.99 Å². The highest BCUT2D eigenvalue weighted by molar-refractivity contribution is 5.79. The predicted molar refractivity (Wildman–Crippen MR) is 95.4 cm³/mol. The van der Waals surface area contributed by atoms with Gasteiger partial charge in [0.25, 0.3) is 0 Å². The minimum atomic E-state index is -0.0142. The van der Waals surface area contributed by atoms with Crippen LogP contribution in [-0.2, 0) is 6.42 Å². The maximum Gasteiger partial charge on any atom is 0.200 e. The first-order chi connectivity index (χ1) is 11.6. The molecule has 0 bridgehead atoms. The zero-order valence-electron chi connectivity index (χ0n) is 13.8. The van der Waals surface area contributed by atoms with E-state index in [9.17, 15) is 10.2 Å². The van der Waals surface area contributed by atoms with Gasteiger partial charge in [0.15, 0.2) is 11.5 Å². The predicted octanol–water partition coefficient (Wildman–Crippen LogP) is 3.44. The van der Waals surface area contributed by atoms with Crippen LogP contribution in [0, 0.1) is 0 Å². The minimum Gasteiger partial charge on any atom is -0.508 e. The van der Waals surface area contributed by atoms with E-state index in [1.165, 1.54) is 14.2 Å². The number of hydrogen-bond acceptors (Lipinski definition) is 5. The van der Waals surface area contributed by atoms with Crippen molar-refractivity contribution >= 4 is 12.3 Å². The number of rotatable bonds is 7. The Kier molecular flexibility index (Phi) is 6.25. The summed E-state index contributed by atoms with van der Waals surface area (Å²) in [5, 5.41) is 19.1. The smallest absolute Gasteiger partial charge is 0.200 e. The monoisotopic (exact) mass is 327 g/mol. The van der Waals surface area contributed by atoms with Gasteiger partial charge in [-0.1, -0.05) is 18.2 Å². The van der Waals surface area contributed by atoms with Gasteiger partial charge in [-0.15, -0.1) is 0 Å². The molecule has 0 saturated heterocycles. The van der Waals surface area contributed by atoms with E-state index in [-0.39, 0.29) is 11.5 Å². The van der Waals surface area contributed by atoms with Crippen LogP contribution in [0.4, 0.5) is 0 Å². The lowest BCUT2D eigenvalue weighted by molar-refractivity contribution is 0.340. The lowest BCUT2D eigenvalue weighted by Gasteiger charge is -2.09. The first-order valence-electron chi connectivity index (χ1n) is 7.53. The number of benzene rings is 2. The normalized spacial score (nSPS) is 11.2. The molecule has 0 amide bonds. The second-order valence-electron chi connectivity index (χ2n) is 5.10. The number of nitrogens with zero attached hydrogens (tertiary/aromatic N) is 1. The summed E-state index contributed by atoms with van der Waals surface area (Å²) in [6.45, 7) is 0.664. The highest BCUT2D eigenvalue weighted by atomic mass is 16.5. The lowest BCUT2D eigenvalue weighted by Crippen LogP contribution is -1.90. The van der Waals surface area contributed by atoms with E-state index < -0.39 is 0 Å². The van der Waals surface area contributed by atoms with Crippen molar-refractivity contribution in [3.05, 3.63) is 53.6 Å². The van der Waals surface area contributed by atoms with Crippen molar-refractivity contribution in [2.24, 2.45) is 4.99 Å². The van der Waals surface area contributed by atoms with Crippen molar-refractivity contribution < 1.29 is 19.7 Å². The topological polar surface area (TPSA) is 71.3 Å². The molecule has 126 valence electrons. The Morgan fingerprint density at radius 2 is 1.62 bits per heavy atom. The Bertz CT molecular complexity index is 696. The Hall–Kier alpha value is -2.95. The SMILES string of the molecule is COc1cc(/C=C/C=NCCc2ccc(O)cc2)cc(OC)c1O. The van der Waals surface area contributed by atoms with Gasteiger partial charge in [0, 0.05) is 12.8 Å². The molecule has 24 heavy (non-hydrogen) atoms. The molecule has 0 radical (unpaired) electrons. The third-order valence-electron chi connectivity index (χ3n) is 3.45. The second kappa shape index (κ2) is 8.62. The van der Waals surface area contributed by atoms with Crippen LogP contribution in [0.3, 0.4) is 0 Å². The summed E-state index contributed by atoms with van der Waals surface area (Å²) in [6, 6.07) is 10.6.